The zero-order valence-corrected chi connectivity index (χ0v) is 16.5. The average molecular weight is 394 g/mol. The molecule has 0 atom stereocenters. The van der Waals surface area contributed by atoms with Gasteiger partial charge in [0.05, 0.1) is 36.1 Å². The van der Waals surface area contributed by atoms with Crippen LogP contribution in [0.5, 0.6) is 0 Å². The lowest BCUT2D eigenvalue weighted by molar-refractivity contribution is 0.246. The van der Waals surface area contributed by atoms with Crippen LogP contribution in [0.3, 0.4) is 0 Å². The molecule has 2 N–H and O–H groups in total. The molecule has 1 aliphatic heterocycles. The third-order valence-corrected chi connectivity index (χ3v) is 6.15. The third kappa shape index (κ3) is 3.42. The lowest BCUT2D eigenvalue weighted by Gasteiger charge is -2.36. The molecule has 0 spiro atoms. The summed E-state index contributed by atoms with van der Waals surface area (Å²) in [5, 5.41) is 17.4. The van der Waals surface area contributed by atoms with E-state index in [4.69, 9.17) is 5.11 Å². The number of aliphatic hydroxyl groups is 1. The smallest absolute Gasteiger partial charge is 0.261 e. The second kappa shape index (κ2) is 7.61. The quantitative estimate of drug-likeness (QED) is 0.669. The van der Waals surface area contributed by atoms with Gasteiger partial charge >= 0.3 is 0 Å². The molecule has 0 unspecified atom stereocenters. The fourth-order valence-corrected chi connectivity index (χ4v) is 4.51. The first-order valence-corrected chi connectivity index (χ1v) is 10.4. The highest BCUT2D eigenvalue weighted by atomic mass is 16.3. The third-order valence-electron chi connectivity index (χ3n) is 6.15. The van der Waals surface area contributed by atoms with Crippen molar-refractivity contribution in [3.05, 3.63) is 51.8 Å². The van der Waals surface area contributed by atoms with Gasteiger partial charge in [0.1, 0.15) is 0 Å². The molecule has 1 saturated heterocycles. The number of anilines is 1. The summed E-state index contributed by atoms with van der Waals surface area (Å²) in [6, 6.07) is 5.86. The van der Waals surface area contributed by atoms with Gasteiger partial charge in [-0.2, -0.15) is 5.10 Å². The predicted molar refractivity (Wildman–Crippen MR) is 111 cm³/mol. The first-order valence-electron chi connectivity index (χ1n) is 10.4. The van der Waals surface area contributed by atoms with Crippen LogP contribution in [0.25, 0.3) is 10.9 Å². The van der Waals surface area contributed by atoms with Crippen LogP contribution in [0.1, 0.15) is 23.4 Å². The maximum Gasteiger partial charge on any atom is 0.261 e. The number of aromatic amines is 1. The molecule has 2 aliphatic rings. The van der Waals surface area contributed by atoms with Gasteiger partial charge in [0.2, 0.25) is 0 Å². The number of nitrogens with zero attached hydrogens (tertiary/aromatic N) is 5. The molecule has 0 saturated carbocycles. The largest absolute Gasteiger partial charge is 0.395 e. The van der Waals surface area contributed by atoms with Crippen molar-refractivity contribution < 1.29 is 5.11 Å². The molecule has 3 aromatic rings. The summed E-state index contributed by atoms with van der Waals surface area (Å²) >= 11 is 0. The van der Waals surface area contributed by atoms with Crippen molar-refractivity contribution in [3.63, 3.8) is 0 Å². The Balaban J connectivity index is 1.27. The van der Waals surface area contributed by atoms with Gasteiger partial charge in [-0.25, -0.2) is 4.98 Å². The first kappa shape index (κ1) is 18.3. The number of aliphatic hydroxyl groups excluding tert-OH is 1. The van der Waals surface area contributed by atoms with Gasteiger partial charge < -0.3 is 10.0 Å². The molecule has 1 aromatic carbocycles. The molecule has 0 radical (unpaired) electrons. The van der Waals surface area contributed by atoms with Crippen LogP contribution in [-0.4, -0.2) is 62.5 Å². The normalized spacial score (nSPS) is 17.2. The van der Waals surface area contributed by atoms with E-state index in [-0.39, 0.29) is 18.7 Å². The minimum atomic E-state index is -0.105. The maximum atomic E-state index is 12.5. The van der Waals surface area contributed by atoms with Crippen LogP contribution in [0, 0.1) is 0 Å². The van der Waals surface area contributed by atoms with Crippen molar-refractivity contribution in [1.82, 2.24) is 24.6 Å². The second-order valence-electron chi connectivity index (χ2n) is 7.91. The highest BCUT2D eigenvalue weighted by Crippen LogP contribution is 2.25. The number of hydrogen-bond acceptors (Lipinski definition) is 6. The number of aromatic nitrogens is 4. The number of fused-ring (bicyclic) bond motifs is 2. The van der Waals surface area contributed by atoms with Gasteiger partial charge in [0, 0.05) is 44.1 Å². The van der Waals surface area contributed by atoms with Crippen molar-refractivity contribution in [2.75, 3.05) is 37.7 Å². The first-order chi connectivity index (χ1) is 14.2. The second-order valence-corrected chi connectivity index (χ2v) is 7.91. The zero-order valence-electron chi connectivity index (χ0n) is 16.5. The summed E-state index contributed by atoms with van der Waals surface area (Å²) in [7, 11) is 0. The summed E-state index contributed by atoms with van der Waals surface area (Å²) in [5.74, 6) is 0. The molecule has 0 bridgehead atoms. The molecule has 5 rings (SSSR count). The van der Waals surface area contributed by atoms with E-state index in [0.717, 1.165) is 51.3 Å². The van der Waals surface area contributed by atoms with Crippen molar-refractivity contribution in [3.8, 4) is 0 Å². The van der Waals surface area contributed by atoms with Crippen molar-refractivity contribution >= 4 is 16.6 Å². The average Bonchev–Trinajstić information content (AvgIpc) is 3.36. The summed E-state index contributed by atoms with van der Waals surface area (Å²) in [6.45, 7) is 4.99. The molecule has 3 heterocycles. The maximum absolute atomic E-state index is 12.5. The zero-order chi connectivity index (χ0) is 19.8. The lowest BCUT2D eigenvalue weighted by atomic mass is 10.1. The topological polar surface area (TPSA) is 90.3 Å². The van der Waals surface area contributed by atoms with E-state index >= 15 is 0 Å². The van der Waals surface area contributed by atoms with Crippen LogP contribution < -0.4 is 10.5 Å². The SMILES string of the molecule is O=c1c2ccc(N3CCN(Cc4n[nH]c5c4CCC5)CC3)cc2ncn1CCO. The number of nitrogens with one attached hydrogen (secondary N) is 1. The van der Waals surface area contributed by atoms with Gasteiger partial charge in [0.25, 0.3) is 5.56 Å². The van der Waals surface area contributed by atoms with E-state index < -0.39 is 0 Å². The molecule has 2 aromatic heterocycles. The number of piperazine rings is 1. The molecular formula is C21H26N6O2. The van der Waals surface area contributed by atoms with E-state index in [9.17, 15) is 4.79 Å². The Labute approximate surface area is 168 Å². The number of benzene rings is 1. The molecule has 0 amide bonds. The highest BCUT2D eigenvalue weighted by molar-refractivity contribution is 5.81. The molecular weight excluding hydrogens is 368 g/mol. The van der Waals surface area contributed by atoms with Gasteiger partial charge in [-0.15, -0.1) is 0 Å². The van der Waals surface area contributed by atoms with Crippen LogP contribution in [-0.2, 0) is 25.9 Å². The van der Waals surface area contributed by atoms with Crippen LogP contribution >= 0.6 is 0 Å². The van der Waals surface area contributed by atoms with Crippen molar-refractivity contribution in [2.24, 2.45) is 0 Å². The Bertz CT molecular complexity index is 1080. The van der Waals surface area contributed by atoms with E-state index in [1.165, 1.54) is 34.3 Å². The van der Waals surface area contributed by atoms with E-state index in [0.29, 0.717) is 10.9 Å². The molecule has 152 valence electrons. The molecule has 1 fully saturated rings. The monoisotopic (exact) mass is 394 g/mol. The summed E-state index contributed by atoms with van der Waals surface area (Å²) in [5.41, 5.74) is 5.70. The Kier molecular flexibility index (Phi) is 4.81. The molecule has 8 heteroatoms. The Morgan fingerprint density at radius 2 is 2.00 bits per heavy atom. The predicted octanol–water partition coefficient (Wildman–Crippen LogP) is 0.923. The van der Waals surface area contributed by atoms with Gasteiger partial charge in [-0.1, -0.05) is 0 Å². The number of rotatable bonds is 5. The number of hydrogen-bond donors (Lipinski definition) is 2. The fraction of sp³-hybridized carbons (Fsp3) is 0.476. The van der Waals surface area contributed by atoms with Gasteiger partial charge in [-0.05, 0) is 43.0 Å². The fourth-order valence-electron chi connectivity index (χ4n) is 4.51. The Hall–Kier alpha value is -2.71. The van der Waals surface area contributed by atoms with Gasteiger partial charge in [0.15, 0.2) is 0 Å². The van der Waals surface area contributed by atoms with E-state index in [1.54, 1.807) is 0 Å². The lowest BCUT2D eigenvalue weighted by Crippen LogP contribution is -2.46. The van der Waals surface area contributed by atoms with Crippen molar-refractivity contribution in [2.45, 2.75) is 32.4 Å². The van der Waals surface area contributed by atoms with Crippen LogP contribution in [0.4, 0.5) is 5.69 Å². The van der Waals surface area contributed by atoms with Crippen molar-refractivity contribution in [1.29, 1.82) is 0 Å². The molecule has 8 nitrogen and oxygen atoms in total. The Morgan fingerprint density at radius 3 is 2.83 bits per heavy atom. The minimum Gasteiger partial charge on any atom is -0.395 e. The van der Waals surface area contributed by atoms with E-state index in [2.05, 4.69) is 25.0 Å². The molecule has 1 aliphatic carbocycles. The van der Waals surface area contributed by atoms with E-state index in [1.807, 2.05) is 18.2 Å². The minimum absolute atomic E-state index is 0.0729. The summed E-state index contributed by atoms with van der Waals surface area (Å²) in [4.78, 5) is 21.7. The van der Waals surface area contributed by atoms with Crippen LogP contribution in [0.15, 0.2) is 29.3 Å². The number of H-pyrrole nitrogens is 1. The molecule has 29 heavy (non-hydrogen) atoms. The standard InChI is InChI=1S/C21H26N6O2/c28-11-10-27-14-22-19-12-15(4-5-17(19)21(27)29)26-8-6-25(7-9-26)13-20-16-2-1-3-18(16)23-24-20/h4-5,12,14,28H,1-3,6-11,13H2,(H,23,24). The Morgan fingerprint density at radius 1 is 1.14 bits per heavy atom. The summed E-state index contributed by atoms with van der Waals surface area (Å²) < 4.78 is 1.45. The summed E-state index contributed by atoms with van der Waals surface area (Å²) in [6.07, 6.45) is 5.05. The van der Waals surface area contributed by atoms with Crippen LogP contribution in [0.2, 0.25) is 0 Å². The number of aryl methyl sites for hydroxylation is 1. The highest BCUT2D eigenvalue weighted by Gasteiger charge is 2.23. The van der Waals surface area contributed by atoms with Gasteiger partial charge in [-0.3, -0.25) is 19.4 Å².